The predicted octanol–water partition coefficient (Wildman–Crippen LogP) is 5.49. The highest BCUT2D eigenvalue weighted by Crippen LogP contribution is 2.35. The third kappa shape index (κ3) is 3.76. The topological polar surface area (TPSA) is 42.2 Å². The molecule has 0 unspecified atom stereocenters. The molecule has 130 valence electrons. The fourth-order valence-corrected chi connectivity index (χ4v) is 2.80. The molecule has 1 aromatic heterocycles. The number of amides is 1. The quantitative estimate of drug-likeness (QED) is 0.687. The van der Waals surface area contributed by atoms with Gasteiger partial charge < -0.3 is 9.73 Å². The number of benzene rings is 2. The summed E-state index contributed by atoms with van der Waals surface area (Å²) in [7, 11) is 0. The number of hydrogen-bond acceptors (Lipinski definition) is 2. The maximum atomic E-state index is 12.8. The first-order chi connectivity index (χ1) is 11.7. The summed E-state index contributed by atoms with van der Waals surface area (Å²) in [6.07, 6.45) is 0. The minimum Gasteiger partial charge on any atom is -0.450 e. The molecule has 0 radical (unpaired) electrons. The molecule has 0 spiro atoms. The molecule has 0 aliphatic rings. The Bertz CT molecular complexity index is 912. The van der Waals surface area contributed by atoms with Crippen LogP contribution in [0.25, 0.3) is 22.1 Å². The van der Waals surface area contributed by atoms with Crippen LogP contribution in [-0.4, -0.2) is 12.5 Å². The Morgan fingerprint density at radius 3 is 2.28 bits per heavy atom. The lowest BCUT2D eigenvalue weighted by Gasteiger charge is -2.18. The minimum atomic E-state index is -0.167. The van der Waals surface area contributed by atoms with E-state index in [1.54, 1.807) is 0 Å². The highest BCUT2D eigenvalue weighted by atomic mass is 16.3. The zero-order chi connectivity index (χ0) is 18.2. The van der Waals surface area contributed by atoms with E-state index in [4.69, 9.17) is 4.42 Å². The average molecular weight is 335 g/mol. The Hall–Kier alpha value is -2.55. The predicted molar refractivity (Wildman–Crippen MR) is 103 cm³/mol. The Balaban J connectivity index is 2.12. The Kier molecular flexibility index (Phi) is 4.42. The Morgan fingerprint density at radius 2 is 1.64 bits per heavy atom. The molecule has 3 rings (SSSR count). The summed E-state index contributed by atoms with van der Waals surface area (Å²) in [6.45, 7) is 11.0. The van der Waals surface area contributed by atoms with Crippen LogP contribution in [0.5, 0.6) is 0 Å². The SMILES string of the molecule is Cc1ccc(-c2c(C(=O)NCC(C)(C)C)oc3ccc(C)cc23)cc1. The molecule has 3 nitrogen and oxygen atoms in total. The van der Waals surface area contributed by atoms with Crippen LogP contribution in [0.2, 0.25) is 0 Å². The van der Waals surface area contributed by atoms with Gasteiger partial charge in [0, 0.05) is 17.5 Å². The number of aryl methyl sites for hydroxylation is 2. The number of fused-ring (bicyclic) bond motifs is 1. The van der Waals surface area contributed by atoms with Crippen molar-refractivity contribution in [2.75, 3.05) is 6.54 Å². The van der Waals surface area contributed by atoms with E-state index in [9.17, 15) is 4.79 Å². The van der Waals surface area contributed by atoms with E-state index in [2.05, 4.69) is 51.2 Å². The van der Waals surface area contributed by atoms with Crippen LogP contribution in [0.15, 0.2) is 46.9 Å². The molecule has 3 heteroatoms. The van der Waals surface area contributed by atoms with Gasteiger partial charge in [0.15, 0.2) is 0 Å². The standard InChI is InChI=1S/C22H25NO2/c1-14-6-9-16(10-7-14)19-17-12-15(2)8-11-18(17)25-20(19)21(24)23-13-22(3,4)5/h6-12H,13H2,1-5H3,(H,23,24). The van der Waals surface area contributed by atoms with E-state index < -0.39 is 0 Å². The first-order valence-electron chi connectivity index (χ1n) is 8.63. The molecule has 0 saturated heterocycles. The molecule has 0 atom stereocenters. The molecule has 0 fully saturated rings. The van der Waals surface area contributed by atoms with E-state index in [0.29, 0.717) is 12.3 Å². The molecule has 1 amide bonds. The summed E-state index contributed by atoms with van der Waals surface area (Å²) in [5, 5.41) is 3.98. The van der Waals surface area contributed by atoms with Gasteiger partial charge in [0.2, 0.25) is 5.76 Å². The van der Waals surface area contributed by atoms with Crippen molar-refractivity contribution in [3.8, 4) is 11.1 Å². The van der Waals surface area contributed by atoms with Crippen molar-refractivity contribution in [2.24, 2.45) is 5.41 Å². The first kappa shape index (κ1) is 17.3. The van der Waals surface area contributed by atoms with Crippen molar-refractivity contribution in [3.05, 3.63) is 59.4 Å². The zero-order valence-electron chi connectivity index (χ0n) is 15.6. The van der Waals surface area contributed by atoms with E-state index in [0.717, 1.165) is 27.7 Å². The summed E-state index contributed by atoms with van der Waals surface area (Å²) in [5.74, 6) is 0.216. The highest BCUT2D eigenvalue weighted by Gasteiger charge is 2.23. The summed E-state index contributed by atoms with van der Waals surface area (Å²) < 4.78 is 5.95. The van der Waals surface area contributed by atoms with Gasteiger partial charge in [0.05, 0.1) is 0 Å². The van der Waals surface area contributed by atoms with Crippen LogP contribution in [0.4, 0.5) is 0 Å². The van der Waals surface area contributed by atoms with Gasteiger partial charge >= 0.3 is 0 Å². The second kappa shape index (κ2) is 6.40. The molecule has 3 aromatic rings. The van der Waals surface area contributed by atoms with Crippen LogP contribution < -0.4 is 5.32 Å². The van der Waals surface area contributed by atoms with Crippen LogP contribution in [0.3, 0.4) is 0 Å². The summed E-state index contributed by atoms with van der Waals surface area (Å²) in [5.41, 5.74) is 4.94. The second-order valence-electron chi connectivity index (χ2n) is 7.92. The van der Waals surface area contributed by atoms with Crippen molar-refractivity contribution in [1.82, 2.24) is 5.32 Å². The molecule has 0 aliphatic heterocycles. The van der Waals surface area contributed by atoms with E-state index in [1.807, 2.05) is 31.2 Å². The fourth-order valence-electron chi connectivity index (χ4n) is 2.80. The lowest BCUT2D eigenvalue weighted by molar-refractivity contribution is 0.0914. The van der Waals surface area contributed by atoms with Gasteiger partial charge in [-0.3, -0.25) is 4.79 Å². The number of nitrogens with one attached hydrogen (secondary N) is 1. The third-order valence-corrected chi connectivity index (χ3v) is 4.17. The van der Waals surface area contributed by atoms with Gasteiger partial charge in [0.25, 0.3) is 5.91 Å². The number of carbonyl (C=O) groups is 1. The zero-order valence-corrected chi connectivity index (χ0v) is 15.6. The fraction of sp³-hybridized carbons (Fsp3) is 0.318. The molecular formula is C22H25NO2. The van der Waals surface area contributed by atoms with Crippen LogP contribution >= 0.6 is 0 Å². The van der Waals surface area contributed by atoms with Gasteiger partial charge in [-0.25, -0.2) is 0 Å². The lowest BCUT2D eigenvalue weighted by Crippen LogP contribution is -2.32. The Labute approximate surface area is 149 Å². The Morgan fingerprint density at radius 1 is 1.00 bits per heavy atom. The normalized spacial score (nSPS) is 11.7. The van der Waals surface area contributed by atoms with Gasteiger partial charge in [0.1, 0.15) is 5.58 Å². The minimum absolute atomic E-state index is 0.0162. The van der Waals surface area contributed by atoms with Gasteiger partial charge in [-0.1, -0.05) is 62.2 Å². The molecule has 25 heavy (non-hydrogen) atoms. The molecule has 0 aliphatic carbocycles. The van der Waals surface area contributed by atoms with E-state index in [-0.39, 0.29) is 11.3 Å². The van der Waals surface area contributed by atoms with Crippen LogP contribution in [-0.2, 0) is 0 Å². The number of rotatable bonds is 3. The largest absolute Gasteiger partial charge is 0.450 e. The molecule has 1 heterocycles. The summed E-state index contributed by atoms with van der Waals surface area (Å²) in [4.78, 5) is 12.8. The first-order valence-corrected chi connectivity index (χ1v) is 8.63. The molecular weight excluding hydrogens is 310 g/mol. The van der Waals surface area contributed by atoms with Crippen molar-refractivity contribution >= 4 is 16.9 Å². The summed E-state index contributed by atoms with van der Waals surface area (Å²) in [6, 6.07) is 14.2. The van der Waals surface area contributed by atoms with Gasteiger partial charge in [-0.15, -0.1) is 0 Å². The summed E-state index contributed by atoms with van der Waals surface area (Å²) >= 11 is 0. The van der Waals surface area contributed by atoms with Crippen LogP contribution in [0, 0.1) is 19.3 Å². The van der Waals surface area contributed by atoms with Gasteiger partial charge in [-0.2, -0.15) is 0 Å². The third-order valence-electron chi connectivity index (χ3n) is 4.17. The monoisotopic (exact) mass is 335 g/mol. The van der Waals surface area contributed by atoms with Crippen molar-refractivity contribution < 1.29 is 9.21 Å². The van der Waals surface area contributed by atoms with Crippen molar-refractivity contribution in [1.29, 1.82) is 0 Å². The van der Waals surface area contributed by atoms with E-state index in [1.165, 1.54) is 5.56 Å². The molecule has 2 aromatic carbocycles. The smallest absolute Gasteiger partial charge is 0.287 e. The van der Waals surface area contributed by atoms with E-state index >= 15 is 0 Å². The molecule has 1 N–H and O–H groups in total. The maximum Gasteiger partial charge on any atom is 0.287 e. The van der Waals surface area contributed by atoms with Gasteiger partial charge in [-0.05, 0) is 37.0 Å². The van der Waals surface area contributed by atoms with Crippen molar-refractivity contribution in [2.45, 2.75) is 34.6 Å². The highest BCUT2D eigenvalue weighted by molar-refractivity contribution is 6.08. The second-order valence-corrected chi connectivity index (χ2v) is 7.92. The lowest BCUT2D eigenvalue weighted by atomic mass is 9.96. The number of furan rings is 1. The maximum absolute atomic E-state index is 12.8. The average Bonchev–Trinajstić information content (AvgIpc) is 2.91. The molecule has 0 saturated carbocycles. The van der Waals surface area contributed by atoms with Crippen molar-refractivity contribution in [3.63, 3.8) is 0 Å². The number of carbonyl (C=O) groups excluding carboxylic acids is 1. The molecule has 0 bridgehead atoms. The number of hydrogen-bond donors (Lipinski definition) is 1. The van der Waals surface area contributed by atoms with Crippen LogP contribution in [0.1, 0.15) is 42.5 Å².